The van der Waals surface area contributed by atoms with Crippen molar-refractivity contribution in [1.82, 2.24) is 10.3 Å². The van der Waals surface area contributed by atoms with Crippen LogP contribution in [0, 0.1) is 5.82 Å². The molecule has 0 amide bonds. The van der Waals surface area contributed by atoms with Gasteiger partial charge in [0, 0.05) is 17.8 Å². The molecule has 0 spiro atoms. The molecule has 0 radical (unpaired) electrons. The van der Waals surface area contributed by atoms with Gasteiger partial charge < -0.3 is 5.32 Å². The lowest BCUT2D eigenvalue weighted by Crippen LogP contribution is -2.51. The topological polar surface area (TPSA) is 24.9 Å². The average Bonchev–Trinajstić information content (AvgIpc) is 2.23. The highest BCUT2D eigenvalue weighted by Gasteiger charge is 2.35. The zero-order chi connectivity index (χ0) is 11.6. The number of hydrogen-bond donors (Lipinski definition) is 1. The summed E-state index contributed by atoms with van der Waals surface area (Å²) in [6.45, 7) is 4.29. The van der Waals surface area contributed by atoms with E-state index in [-0.39, 0.29) is 17.4 Å². The maximum Gasteiger partial charge on any atom is 0.141 e. The molecule has 2 rings (SSSR count). The maximum absolute atomic E-state index is 13.0. The first-order valence-electron chi connectivity index (χ1n) is 6.03. The Morgan fingerprint density at radius 2 is 2.25 bits per heavy atom. The molecule has 1 aliphatic rings. The van der Waals surface area contributed by atoms with Gasteiger partial charge in [-0.2, -0.15) is 0 Å². The van der Waals surface area contributed by atoms with E-state index in [1.54, 1.807) is 12.3 Å². The first-order chi connectivity index (χ1) is 7.65. The molecule has 0 bridgehead atoms. The molecule has 0 aliphatic heterocycles. The molecule has 1 aromatic heterocycles. The van der Waals surface area contributed by atoms with Crippen molar-refractivity contribution in [2.45, 2.75) is 51.1 Å². The molecule has 88 valence electrons. The van der Waals surface area contributed by atoms with Gasteiger partial charge in [0.05, 0.1) is 6.20 Å². The summed E-state index contributed by atoms with van der Waals surface area (Å²) >= 11 is 0. The molecule has 1 heterocycles. The van der Waals surface area contributed by atoms with Crippen molar-refractivity contribution in [1.29, 1.82) is 0 Å². The quantitative estimate of drug-likeness (QED) is 0.846. The Morgan fingerprint density at radius 1 is 1.50 bits per heavy atom. The molecule has 3 heteroatoms. The van der Waals surface area contributed by atoms with E-state index in [2.05, 4.69) is 24.1 Å². The van der Waals surface area contributed by atoms with Crippen molar-refractivity contribution < 1.29 is 4.39 Å². The predicted molar refractivity (Wildman–Crippen MR) is 62.6 cm³/mol. The van der Waals surface area contributed by atoms with Crippen LogP contribution in [0.4, 0.5) is 4.39 Å². The summed E-state index contributed by atoms with van der Waals surface area (Å²) in [6.07, 6.45) is 7.89. The third-order valence-electron chi connectivity index (χ3n) is 3.74. The number of hydrogen-bond acceptors (Lipinski definition) is 2. The first kappa shape index (κ1) is 11.5. The lowest BCUT2D eigenvalue weighted by atomic mass is 9.74. The van der Waals surface area contributed by atoms with Crippen LogP contribution in [0.1, 0.15) is 51.1 Å². The molecule has 1 unspecified atom stereocenters. The zero-order valence-electron chi connectivity index (χ0n) is 9.96. The third kappa shape index (κ3) is 2.24. The summed E-state index contributed by atoms with van der Waals surface area (Å²) in [5.74, 6) is -0.259. The maximum atomic E-state index is 13.0. The smallest absolute Gasteiger partial charge is 0.141 e. The SMILES string of the molecule is CCC1(NC(C)c2cncc(F)c2)CCC1. The molecule has 16 heavy (non-hydrogen) atoms. The minimum Gasteiger partial charge on any atom is -0.305 e. The van der Waals surface area contributed by atoms with Crippen molar-refractivity contribution in [2.24, 2.45) is 0 Å². The van der Waals surface area contributed by atoms with E-state index in [1.807, 2.05) is 0 Å². The second kappa shape index (κ2) is 4.50. The minimum atomic E-state index is -0.259. The average molecular weight is 222 g/mol. The van der Waals surface area contributed by atoms with Crippen molar-refractivity contribution in [3.63, 3.8) is 0 Å². The molecule has 1 aliphatic carbocycles. The number of nitrogens with zero attached hydrogens (tertiary/aromatic N) is 1. The summed E-state index contributed by atoms with van der Waals surface area (Å²) in [4.78, 5) is 3.89. The van der Waals surface area contributed by atoms with Gasteiger partial charge in [-0.1, -0.05) is 6.92 Å². The summed E-state index contributed by atoms with van der Waals surface area (Å²) in [5, 5.41) is 3.62. The largest absolute Gasteiger partial charge is 0.305 e. The minimum absolute atomic E-state index is 0.170. The molecule has 1 aromatic rings. The molecule has 2 nitrogen and oxygen atoms in total. The number of nitrogens with one attached hydrogen (secondary N) is 1. The molecule has 0 aromatic carbocycles. The Kier molecular flexibility index (Phi) is 3.24. The van der Waals surface area contributed by atoms with Crippen LogP contribution in [-0.4, -0.2) is 10.5 Å². The van der Waals surface area contributed by atoms with Crippen LogP contribution in [0.2, 0.25) is 0 Å². The highest BCUT2D eigenvalue weighted by molar-refractivity contribution is 5.15. The van der Waals surface area contributed by atoms with Crippen LogP contribution in [0.15, 0.2) is 18.5 Å². The van der Waals surface area contributed by atoms with Crippen LogP contribution in [0.3, 0.4) is 0 Å². The van der Waals surface area contributed by atoms with Gasteiger partial charge in [0.1, 0.15) is 5.82 Å². The van der Waals surface area contributed by atoms with Gasteiger partial charge in [0.25, 0.3) is 0 Å². The fourth-order valence-electron chi connectivity index (χ4n) is 2.41. The van der Waals surface area contributed by atoms with Crippen LogP contribution in [0.25, 0.3) is 0 Å². The molecule has 1 fully saturated rings. The Hall–Kier alpha value is -0.960. The van der Waals surface area contributed by atoms with Gasteiger partial charge in [0.2, 0.25) is 0 Å². The monoisotopic (exact) mass is 222 g/mol. The third-order valence-corrected chi connectivity index (χ3v) is 3.74. The van der Waals surface area contributed by atoms with Gasteiger partial charge >= 0.3 is 0 Å². The summed E-state index contributed by atoms with van der Waals surface area (Å²) < 4.78 is 13.0. The number of aromatic nitrogens is 1. The molecule has 1 saturated carbocycles. The van der Waals surface area contributed by atoms with Crippen LogP contribution >= 0.6 is 0 Å². The molecule has 0 saturated heterocycles. The molecular weight excluding hydrogens is 203 g/mol. The second-order valence-corrected chi connectivity index (χ2v) is 4.79. The van der Waals surface area contributed by atoms with Crippen molar-refractivity contribution in [2.75, 3.05) is 0 Å². The summed E-state index contributed by atoms with van der Waals surface area (Å²) in [5.41, 5.74) is 1.21. The van der Waals surface area contributed by atoms with E-state index in [4.69, 9.17) is 0 Å². The van der Waals surface area contributed by atoms with Gasteiger partial charge in [-0.3, -0.25) is 4.98 Å². The van der Waals surface area contributed by atoms with E-state index in [9.17, 15) is 4.39 Å². The molecule has 1 N–H and O–H groups in total. The van der Waals surface area contributed by atoms with Crippen molar-refractivity contribution in [3.8, 4) is 0 Å². The molecule has 1 atom stereocenters. The predicted octanol–water partition coefficient (Wildman–Crippen LogP) is 3.20. The Labute approximate surface area is 96.3 Å². The standard InChI is InChI=1S/C13H19FN2/c1-3-13(5-4-6-13)16-10(2)11-7-12(14)9-15-8-11/h7-10,16H,3-6H2,1-2H3. The molecular formula is C13H19FN2. The van der Waals surface area contributed by atoms with Crippen molar-refractivity contribution >= 4 is 0 Å². The fourth-order valence-corrected chi connectivity index (χ4v) is 2.41. The highest BCUT2D eigenvalue weighted by atomic mass is 19.1. The van der Waals surface area contributed by atoms with E-state index < -0.39 is 0 Å². The van der Waals surface area contributed by atoms with Crippen molar-refractivity contribution in [3.05, 3.63) is 29.8 Å². The van der Waals surface area contributed by atoms with Gasteiger partial charge in [0.15, 0.2) is 0 Å². The van der Waals surface area contributed by atoms with E-state index >= 15 is 0 Å². The number of rotatable bonds is 4. The fraction of sp³-hybridized carbons (Fsp3) is 0.615. The van der Waals surface area contributed by atoms with E-state index in [1.165, 1.54) is 25.5 Å². The number of halogens is 1. The lowest BCUT2D eigenvalue weighted by molar-refractivity contribution is 0.160. The number of pyridine rings is 1. The van der Waals surface area contributed by atoms with E-state index in [0.29, 0.717) is 0 Å². The highest BCUT2D eigenvalue weighted by Crippen LogP contribution is 2.36. The second-order valence-electron chi connectivity index (χ2n) is 4.79. The first-order valence-corrected chi connectivity index (χ1v) is 6.03. The Balaban J connectivity index is 2.05. The van der Waals surface area contributed by atoms with Gasteiger partial charge in [-0.05, 0) is 44.2 Å². The van der Waals surface area contributed by atoms with E-state index in [0.717, 1.165) is 12.0 Å². The Morgan fingerprint density at radius 3 is 2.75 bits per heavy atom. The normalized spacial score (nSPS) is 20.2. The lowest BCUT2D eigenvalue weighted by Gasteiger charge is -2.44. The van der Waals surface area contributed by atoms with Crippen LogP contribution in [0.5, 0.6) is 0 Å². The van der Waals surface area contributed by atoms with Gasteiger partial charge in [-0.25, -0.2) is 4.39 Å². The van der Waals surface area contributed by atoms with Crippen LogP contribution < -0.4 is 5.32 Å². The zero-order valence-corrected chi connectivity index (χ0v) is 9.96. The van der Waals surface area contributed by atoms with Crippen LogP contribution in [-0.2, 0) is 0 Å². The summed E-state index contributed by atoms with van der Waals surface area (Å²) in [7, 11) is 0. The Bertz CT molecular complexity index is 355. The van der Waals surface area contributed by atoms with Gasteiger partial charge in [-0.15, -0.1) is 0 Å². The summed E-state index contributed by atoms with van der Waals surface area (Å²) in [6, 6.07) is 1.73.